The molecule has 0 spiro atoms. The van der Waals surface area contributed by atoms with E-state index in [0.717, 1.165) is 19.3 Å². The van der Waals surface area contributed by atoms with E-state index in [2.05, 4.69) is 24.4 Å². The number of rotatable bonds is 6. The molecule has 1 amide bonds. The van der Waals surface area contributed by atoms with Crippen LogP contribution in [0.15, 0.2) is 30.3 Å². The third-order valence-corrected chi connectivity index (χ3v) is 3.70. The summed E-state index contributed by atoms with van der Waals surface area (Å²) in [6.07, 6.45) is 3.83. The molecule has 1 aromatic rings. The monoisotopic (exact) mass is 246 g/mol. The van der Waals surface area contributed by atoms with Gasteiger partial charge in [0.2, 0.25) is 5.91 Å². The Bertz CT molecular complexity index is 391. The average molecular weight is 246 g/mol. The van der Waals surface area contributed by atoms with Crippen molar-refractivity contribution in [1.29, 1.82) is 0 Å². The van der Waals surface area contributed by atoms with Crippen molar-refractivity contribution in [3.05, 3.63) is 35.9 Å². The summed E-state index contributed by atoms with van der Waals surface area (Å²) in [7, 11) is 0. The zero-order valence-electron chi connectivity index (χ0n) is 10.9. The van der Waals surface area contributed by atoms with Crippen LogP contribution in [0.25, 0.3) is 0 Å². The molecule has 3 unspecified atom stereocenters. The number of nitrogens with one attached hydrogen (secondary N) is 1. The average Bonchev–Trinajstić information content (AvgIpc) is 3.15. The highest BCUT2D eigenvalue weighted by atomic mass is 16.2. The standard InChI is InChI=1S/C15H22N2O/c1-2-12-10-14(12)17-15(18)13(16)9-8-11-6-4-3-5-7-11/h3-7,12-14H,2,8-10,16H2,1H3,(H,17,18). The lowest BCUT2D eigenvalue weighted by Gasteiger charge is -2.12. The Morgan fingerprint density at radius 2 is 2.17 bits per heavy atom. The van der Waals surface area contributed by atoms with Crippen LogP contribution in [0, 0.1) is 5.92 Å². The second-order valence-corrected chi connectivity index (χ2v) is 5.15. The second-order valence-electron chi connectivity index (χ2n) is 5.15. The maximum Gasteiger partial charge on any atom is 0.237 e. The minimum absolute atomic E-state index is 0.00637. The summed E-state index contributed by atoms with van der Waals surface area (Å²) >= 11 is 0. The van der Waals surface area contributed by atoms with Crippen LogP contribution in [-0.4, -0.2) is 18.0 Å². The first-order chi connectivity index (χ1) is 8.70. The van der Waals surface area contributed by atoms with Gasteiger partial charge in [0, 0.05) is 6.04 Å². The lowest BCUT2D eigenvalue weighted by molar-refractivity contribution is -0.122. The van der Waals surface area contributed by atoms with Crippen molar-refractivity contribution in [1.82, 2.24) is 5.32 Å². The van der Waals surface area contributed by atoms with Crippen molar-refractivity contribution in [3.63, 3.8) is 0 Å². The van der Waals surface area contributed by atoms with Gasteiger partial charge in [0.05, 0.1) is 6.04 Å². The number of benzene rings is 1. The molecule has 1 fully saturated rings. The molecule has 1 aliphatic rings. The fraction of sp³-hybridized carbons (Fsp3) is 0.533. The van der Waals surface area contributed by atoms with Gasteiger partial charge in [0.15, 0.2) is 0 Å². The van der Waals surface area contributed by atoms with Gasteiger partial charge in [-0.25, -0.2) is 0 Å². The molecule has 0 aromatic heterocycles. The molecule has 18 heavy (non-hydrogen) atoms. The zero-order valence-corrected chi connectivity index (χ0v) is 10.9. The fourth-order valence-electron chi connectivity index (χ4n) is 2.26. The summed E-state index contributed by atoms with van der Waals surface area (Å²) in [4.78, 5) is 11.8. The maximum atomic E-state index is 11.8. The normalized spacial score (nSPS) is 23.4. The van der Waals surface area contributed by atoms with Gasteiger partial charge in [-0.2, -0.15) is 0 Å². The number of hydrogen-bond acceptors (Lipinski definition) is 2. The van der Waals surface area contributed by atoms with E-state index in [0.29, 0.717) is 18.4 Å². The summed E-state index contributed by atoms with van der Waals surface area (Å²) in [5.74, 6) is 0.683. The summed E-state index contributed by atoms with van der Waals surface area (Å²) in [6.45, 7) is 2.16. The van der Waals surface area contributed by atoms with Gasteiger partial charge >= 0.3 is 0 Å². The Morgan fingerprint density at radius 3 is 2.78 bits per heavy atom. The van der Waals surface area contributed by atoms with Crippen LogP contribution in [0.2, 0.25) is 0 Å². The molecule has 0 radical (unpaired) electrons. The van der Waals surface area contributed by atoms with Crippen LogP contribution in [0.1, 0.15) is 31.7 Å². The first-order valence-electron chi connectivity index (χ1n) is 6.80. The predicted octanol–water partition coefficient (Wildman–Crippen LogP) is 1.86. The Morgan fingerprint density at radius 1 is 1.44 bits per heavy atom. The van der Waals surface area contributed by atoms with E-state index in [1.807, 2.05) is 18.2 Å². The summed E-state index contributed by atoms with van der Waals surface area (Å²) in [6, 6.07) is 10.1. The van der Waals surface area contributed by atoms with Crippen molar-refractivity contribution >= 4 is 5.91 Å². The molecular formula is C15H22N2O. The van der Waals surface area contributed by atoms with Crippen molar-refractivity contribution < 1.29 is 4.79 Å². The van der Waals surface area contributed by atoms with Crippen molar-refractivity contribution in [2.75, 3.05) is 0 Å². The van der Waals surface area contributed by atoms with E-state index in [4.69, 9.17) is 5.73 Å². The molecule has 1 aliphatic carbocycles. The number of nitrogens with two attached hydrogens (primary N) is 1. The molecule has 1 aromatic carbocycles. The summed E-state index contributed by atoms with van der Waals surface area (Å²) in [5.41, 5.74) is 7.15. The molecule has 2 rings (SSSR count). The first kappa shape index (κ1) is 13.1. The van der Waals surface area contributed by atoms with Gasteiger partial charge in [-0.15, -0.1) is 0 Å². The van der Waals surface area contributed by atoms with Gasteiger partial charge in [0.25, 0.3) is 0 Å². The lowest BCUT2D eigenvalue weighted by atomic mass is 10.1. The Balaban J connectivity index is 1.71. The summed E-state index contributed by atoms with van der Waals surface area (Å²) < 4.78 is 0. The highest BCUT2D eigenvalue weighted by Crippen LogP contribution is 2.33. The van der Waals surface area contributed by atoms with Crippen LogP contribution >= 0.6 is 0 Å². The number of aryl methyl sites for hydroxylation is 1. The van der Waals surface area contributed by atoms with Crippen LogP contribution < -0.4 is 11.1 Å². The van der Waals surface area contributed by atoms with Crippen LogP contribution in [-0.2, 0) is 11.2 Å². The predicted molar refractivity (Wildman–Crippen MR) is 73.1 cm³/mol. The molecule has 98 valence electrons. The fourth-order valence-corrected chi connectivity index (χ4v) is 2.26. The SMILES string of the molecule is CCC1CC1NC(=O)C(N)CCc1ccccc1. The Kier molecular flexibility index (Phi) is 4.37. The van der Waals surface area contributed by atoms with E-state index < -0.39 is 0 Å². The molecule has 3 nitrogen and oxygen atoms in total. The number of carbonyl (C=O) groups is 1. The number of hydrogen-bond donors (Lipinski definition) is 2. The minimum Gasteiger partial charge on any atom is -0.352 e. The molecule has 0 aliphatic heterocycles. The van der Waals surface area contributed by atoms with Crippen molar-refractivity contribution in [2.24, 2.45) is 11.7 Å². The molecule has 3 N–H and O–H groups in total. The minimum atomic E-state index is -0.386. The zero-order chi connectivity index (χ0) is 13.0. The van der Waals surface area contributed by atoms with E-state index >= 15 is 0 Å². The van der Waals surface area contributed by atoms with Gasteiger partial charge in [0.1, 0.15) is 0 Å². The number of amides is 1. The molecule has 3 atom stereocenters. The second kappa shape index (κ2) is 6.01. The molecule has 0 bridgehead atoms. The van der Waals surface area contributed by atoms with Crippen LogP contribution in [0.5, 0.6) is 0 Å². The highest BCUT2D eigenvalue weighted by Gasteiger charge is 2.37. The molecular weight excluding hydrogens is 224 g/mol. The largest absolute Gasteiger partial charge is 0.352 e. The van der Waals surface area contributed by atoms with E-state index in [1.54, 1.807) is 0 Å². The van der Waals surface area contributed by atoms with Gasteiger partial charge in [-0.3, -0.25) is 4.79 Å². The smallest absolute Gasteiger partial charge is 0.237 e. The van der Waals surface area contributed by atoms with E-state index in [9.17, 15) is 4.79 Å². The summed E-state index contributed by atoms with van der Waals surface area (Å²) in [5, 5.41) is 3.03. The van der Waals surface area contributed by atoms with Crippen molar-refractivity contribution in [2.45, 2.75) is 44.7 Å². The van der Waals surface area contributed by atoms with Crippen LogP contribution in [0.3, 0.4) is 0 Å². The third kappa shape index (κ3) is 3.57. The molecule has 1 saturated carbocycles. The molecule has 0 heterocycles. The van der Waals surface area contributed by atoms with Gasteiger partial charge in [-0.05, 0) is 30.7 Å². The number of carbonyl (C=O) groups excluding carboxylic acids is 1. The maximum absolute atomic E-state index is 11.8. The van der Waals surface area contributed by atoms with Crippen LogP contribution in [0.4, 0.5) is 0 Å². The molecule has 0 saturated heterocycles. The van der Waals surface area contributed by atoms with Crippen molar-refractivity contribution in [3.8, 4) is 0 Å². The Hall–Kier alpha value is -1.35. The Labute approximate surface area is 109 Å². The topological polar surface area (TPSA) is 55.1 Å². The first-order valence-corrected chi connectivity index (χ1v) is 6.80. The van der Waals surface area contributed by atoms with E-state index in [1.165, 1.54) is 5.56 Å². The molecule has 3 heteroatoms. The lowest BCUT2D eigenvalue weighted by Crippen LogP contribution is -2.42. The van der Waals surface area contributed by atoms with E-state index in [-0.39, 0.29) is 11.9 Å². The van der Waals surface area contributed by atoms with Gasteiger partial charge in [-0.1, -0.05) is 43.7 Å². The quantitative estimate of drug-likeness (QED) is 0.805. The third-order valence-electron chi connectivity index (χ3n) is 3.70. The highest BCUT2D eigenvalue weighted by molar-refractivity contribution is 5.82. The van der Waals surface area contributed by atoms with Gasteiger partial charge < -0.3 is 11.1 Å².